The standard InChI is InChI=1S/C20H22ClFN4O4/c1-10(2)29-18-5-12(4-11(3)24-18)20-25-19(26-30-20)14-6-16(22)17(7-15(14)21)28-9-13(23)8-27/h4-7,10,13,27H,8-9,23H2,1-3H3/t13-/m0/s1. The van der Waals surface area contributed by atoms with Crippen LogP contribution in [0.4, 0.5) is 4.39 Å². The monoisotopic (exact) mass is 436 g/mol. The van der Waals surface area contributed by atoms with Gasteiger partial charge < -0.3 is 24.8 Å². The van der Waals surface area contributed by atoms with Crippen molar-refractivity contribution in [2.45, 2.75) is 32.9 Å². The van der Waals surface area contributed by atoms with E-state index in [2.05, 4.69) is 15.1 Å². The van der Waals surface area contributed by atoms with Gasteiger partial charge in [0.05, 0.1) is 23.8 Å². The van der Waals surface area contributed by atoms with Crippen molar-refractivity contribution in [2.24, 2.45) is 5.73 Å². The van der Waals surface area contributed by atoms with Crippen molar-refractivity contribution in [3.63, 3.8) is 0 Å². The Bertz CT molecular complexity index is 1030. The Morgan fingerprint density at radius 2 is 2.00 bits per heavy atom. The lowest BCUT2D eigenvalue weighted by Gasteiger charge is -2.12. The number of aliphatic hydroxyl groups excluding tert-OH is 1. The average molecular weight is 437 g/mol. The number of halogens is 2. The van der Waals surface area contributed by atoms with Crippen LogP contribution in [-0.4, -0.2) is 45.6 Å². The van der Waals surface area contributed by atoms with Crippen LogP contribution in [0.2, 0.25) is 5.02 Å². The Kier molecular flexibility index (Phi) is 6.86. The maximum atomic E-state index is 14.4. The fourth-order valence-electron chi connectivity index (χ4n) is 2.57. The second kappa shape index (κ2) is 9.38. The zero-order valence-electron chi connectivity index (χ0n) is 16.7. The zero-order valence-corrected chi connectivity index (χ0v) is 17.5. The first-order valence-electron chi connectivity index (χ1n) is 9.25. The number of rotatable bonds is 8. The number of pyridine rings is 1. The highest BCUT2D eigenvalue weighted by molar-refractivity contribution is 6.33. The van der Waals surface area contributed by atoms with E-state index in [-0.39, 0.29) is 47.4 Å². The molecule has 3 aromatic rings. The van der Waals surface area contributed by atoms with E-state index in [0.29, 0.717) is 11.4 Å². The number of aromatic nitrogens is 3. The summed E-state index contributed by atoms with van der Waals surface area (Å²) in [5, 5.41) is 13.0. The van der Waals surface area contributed by atoms with Gasteiger partial charge in [0.2, 0.25) is 11.7 Å². The molecule has 1 atom stereocenters. The van der Waals surface area contributed by atoms with Gasteiger partial charge in [-0.3, -0.25) is 0 Å². The van der Waals surface area contributed by atoms with E-state index >= 15 is 0 Å². The molecule has 0 saturated heterocycles. The number of benzene rings is 1. The Hall–Kier alpha value is -2.75. The number of nitrogens with zero attached hydrogens (tertiary/aromatic N) is 3. The molecule has 0 amide bonds. The van der Waals surface area contributed by atoms with Gasteiger partial charge in [-0.1, -0.05) is 16.8 Å². The Balaban J connectivity index is 1.87. The third-order valence-electron chi connectivity index (χ3n) is 3.91. The van der Waals surface area contributed by atoms with E-state index in [1.807, 2.05) is 20.8 Å². The molecule has 3 rings (SSSR count). The average Bonchev–Trinajstić information content (AvgIpc) is 3.17. The Morgan fingerprint density at radius 1 is 1.23 bits per heavy atom. The maximum Gasteiger partial charge on any atom is 0.258 e. The van der Waals surface area contributed by atoms with Gasteiger partial charge in [-0.15, -0.1) is 0 Å². The first-order chi connectivity index (χ1) is 14.3. The number of ether oxygens (including phenoxy) is 2. The summed E-state index contributed by atoms with van der Waals surface area (Å²) in [6, 6.07) is 5.29. The second-order valence-corrected chi connectivity index (χ2v) is 7.35. The SMILES string of the molecule is Cc1cc(-c2nc(-c3cc(F)c(OC[C@@H](N)CO)cc3Cl)no2)cc(OC(C)C)n1. The molecule has 8 nitrogen and oxygen atoms in total. The molecule has 0 aliphatic heterocycles. The van der Waals surface area contributed by atoms with Crippen LogP contribution >= 0.6 is 11.6 Å². The van der Waals surface area contributed by atoms with Crippen molar-refractivity contribution in [3.05, 3.63) is 40.8 Å². The van der Waals surface area contributed by atoms with Crippen LogP contribution in [0, 0.1) is 12.7 Å². The van der Waals surface area contributed by atoms with Gasteiger partial charge in [0.1, 0.15) is 6.61 Å². The fourth-order valence-corrected chi connectivity index (χ4v) is 2.81. The molecule has 0 fully saturated rings. The highest BCUT2D eigenvalue weighted by Crippen LogP contribution is 2.33. The number of aliphatic hydroxyl groups is 1. The molecule has 10 heteroatoms. The highest BCUT2D eigenvalue weighted by Gasteiger charge is 2.18. The quantitative estimate of drug-likeness (QED) is 0.552. The summed E-state index contributed by atoms with van der Waals surface area (Å²) in [6.07, 6.45) is -0.0418. The predicted octanol–water partition coefficient (Wildman–Crippen LogP) is 3.39. The number of aryl methyl sites for hydroxylation is 1. The lowest BCUT2D eigenvalue weighted by Crippen LogP contribution is -2.31. The zero-order chi connectivity index (χ0) is 21.8. The first-order valence-corrected chi connectivity index (χ1v) is 9.62. The van der Waals surface area contributed by atoms with Crippen LogP contribution in [0.15, 0.2) is 28.8 Å². The molecule has 0 saturated carbocycles. The number of nitrogens with two attached hydrogens (primary N) is 1. The molecular formula is C20H22ClFN4O4. The minimum atomic E-state index is -0.668. The fraction of sp³-hybridized carbons (Fsp3) is 0.350. The number of hydrogen-bond acceptors (Lipinski definition) is 8. The molecule has 2 heterocycles. The summed E-state index contributed by atoms with van der Waals surface area (Å²) < 4.78 is 30.7. The third kappa shape index (κ3) is 5.24. The Morgan fingerprint density at radius 3 is 2.70 bits per heavy atom. The van der Waals surface area contributed by atoms with E-state index in [0.717, 1.165) is 11.8 Å². The lowest BCUT2D eigenvalue weighted by atomic mass is 10.2. The Labute approximate surface area is 177 Å². The molecule has 160 valence electrons. The molecule has 0 radical (unpaired) electrons. The molecule has 3 N–H and O–H groups in total. The van der Waals surface area contributed by atoms with Gasteiger partial charge in [-0.05, 0) is 32.9 Å². The molecule has 0 bridgehead atoms. The third-order valence-corrected chi connectivity index (χ3v) is 4.22. The van der Waals surface area contributed by atoms with Crippen molar-refractivity contribution in [3.8, 4) is 34.5 Å². The molecule has 0 spiro atoms. The normalized spacial score (nSPS) is 12.3. The molecule has 2 aromatic heterocycles. The van der Waals surface area contributed by atoms with Crippen molar-refractivity contribution in [1.29, 1.82) is 0 Å². The number of hydrogen-bond donors (Lipinski definition) is 2. The van der Waals surface area contributed by atoms with Crippen LogP contribution in [0.1, 0.15) is 19.5 Å². The van der Waals surface area contributed by atoms with Gasteiger partial charge in [0.15, 0.2) is 11.6 Å². The van der Waals surface area contributed by atoms with E-state index in [1.165, 1.54) is 6.07 Å². The van der Waals surface area contributed by atoms with Gasteiger partial charge in [-0.2, -0.15) is 4.98 Å². The van der Waals surface area contributed by atoms with Crippen LogP contribution < -0.4 is 15.2 Å². The summed E-state index contributed by atoms with van der Waals surface area (Å²) in [4.78, 5) is 8.64. The van der Waals surface area contributed by atoms with Gasteiger partial charge >= 0.3 is 0 Å². The molecular weight excluding hydrogens is 415 g/mol. The van der Waals surface area contributed by atoms with Crippen LogP contribution in [0.25, 0.3) is 22.8 Å². The summed E-state index contributed by atoms with van der Waals surface area (Å²) >= 11 is 6.27. The summed E-state index contributed by atoms with van der Waals surface area (Å²) in [6.45, 7) is 5.28. The van der Waals surface area contributed by atoms with Gasteiger partial charge in [0.25, 0.3) is 5.89 Å². The molecule has 0 aliphatic rings. The van der Waals surface area contributed by atoms with Crippen LogP contribution in [0.5, 0.6) is 11.6 Å². The van der Waals surface area contributed by atoms with Crippen molar-refractivity contribution in [2.75, 3.05) is 13.2 Å². The van der Waals surface area contributed by atoms with Gasteiger partial charge in [0, 0.05) is 29.0 Å². The molecule has 0 aliphatic carbocycles. The summed E-state index contributed by atoms with van der Waals surface area (Å²) in [7, 11) is 0. The predicted molar refractivity (Wildman–Crippen MR) is 109 cm³/mol. The smallest absolute Gasteiger partial charge is 0.258 e. The largest absolute Gasteiger partial charge is 0.489 e. The van der Waals surface area contributed by atoms with E-state index < -0.39 is 11.9 Å². The van der Waals surface area contributed by atoms with Crippen molar-refractivity contribution in [1.82, 2.24) is 15.1 Å². The summed E-state index contributed by atoms with van der Waals surface area (Å²) in [5.41, 5.74) is 7.14. The molecule has 1 aromatic carbocycles. The van der Waals surface area contributed by atoms with Crippen LogP contribution in [0.3, 0.4) is 0 Å². The van der Waals surface area contributed by atoms with Crippen molar-refractivity contribution >= 4 is 11.6 Å². The van der Waals surface area contributed by atoms with Crippen LogP contribution in [-0.2, 0) is 0 Å². The molecule has 30 heavy (non-hydrogen) atoms. The van der Waals surface area contributed by atoms with Gasteiger partial charge in [-0.25, -0.2) is 9.37 Å². The van der Waals surface area contributed by atoms with Crippen molar-refractivity contribution < 1.29 is 23.5 Å². The highest BCUT2D eigenvalue weighted by atomic mass is 35.5. The van der Waals surface area contributed by atoms with E-state index in [9.17, 15) is 4.39 Å². The van der Waals surface area contributed by atoms with E-state index in [1.54, 1.807) is 12.1 Å². The first kappa shape index (κ1) is 21.9. The van der Waals surface area contributed by atoms with E-state index in [4.69, 9.17) is 36.4 Å². The topological polar surface area (TPSA) is 117 Å². The minimum absolute atomic E-state index is 0.0418. The second-order valence-electron chi connectivity index (χ2n) is 6.94. The minimum Gasteiger partial charge on any atom is -0.489 e. The maximum absolute atomic E-state index is 14.4. The summed E-state index contributed by atoms with van der Waals surface area (Å²) in [5.74, 6) is 0.0180. The molecule has 0 unspecified atom stereocenters. The lowest BCUT2D eigenvalue weighted by molar-refractivity contribution is 0.202.